The van der Waals surface area contributed by atoms with Gasteiger partial charge in [-0.3, -0.25) is 9.59 Å². The maximum atomic E-state index is 12.7. The lowest BCUT2D eigenvalue weighted by atomic mass is 10.1. The molecule has 3 aromatic carbocycles. The Hall–Kier alpha value is -3.67. The first-order valence-corrected chi connectivity index (χ1v) is 10.2. The summed E-state index contributed by atoms with van der Waals surface area (Å²) in [6, 6.07) is 21.8. The van der Waals surface area contributed by atoms with E-state index < -0.39 is 0 Å². The molecule has 6 heteroatoms. The van der Waals surface area contributed by atoms with Crippen molar-refractivity contribution in [2.24, 2.45) is 5.92 Å². The first-order chi connectivity index (χ1) is 14.7. The Morgan fingerprint density at radius 1 is 1.07 bits per heavy atom. The van der Waals surface area contributed by atoms with Gasteiger partial charge in [-0.2, -0.15) is 0 Å². The van der Waals surface area contributed by atoms with Crippen LogP contribution in [0.2, 0.25) is 0 Å². The Labute approximate surface area is 173 Å². The Balaban J connectivity index is 1.23. The van der Waals surface area contributed by atoms with Crippen molar-refractivity contribution < 1.29 is 9.59 Å². The molecule has 1 aliphatic heterocycles. The molecule has 0 bridgehead atoms. The Kier molecular flexibility index (Phi) is 4.67. The molecule has 6 nitrogen and oxygen atoms in total. The van der Waals surface area contributed by atoms with Gasteiger partial charge in [0.1, 0.15) is 5.82 Å². The topological polar surface area (TPSA) is 78.1 Å². The second-order valence-corrected chi connectivity index (χ2v) is 7.65. The first-order valence-electron chi connectivity index (χ1n) is 10.2. The maximum absolute atomic E-state index is 12.7. The van der Waals surface area contributed by atoms with Crippen molar-refractivity contribution in [1.29, 1.82) is 0 Å². The number of anilines is 1. The minimum atomic E-state index is -0.341. The number of carbonyl (C=O) groups is 2. The lowest BCUT2D eigenvalue weighted by Gasteiger charge is -2.19. The van der Waals surface area contributed by atoms with E-state index in [4.69, 9.17) is 0 Å². The van der Waals surface area contributed by atoms with Crippen LogP contribution in [0.15, 0.2) is 66.7 Å². The van der Waals surface area contributed by atoms with E-state index in [9.17, 15) is 9.59 Å². The number of amides is 2. The van der Waals surface area contributed by atoms with E-state index in [2.05, 4.69) is 15.3 Å². The number of para-hydroxylation sites is 2. The summed E-state index contributed by atoms with van der Waals surface area (Å²) in [5.41, 5.74) is 2.78. The molecule has 1 fully saturated rings. The highest BCUT2D eigenvalue weighted by Gasteiger charge is 2.35. The summed E-state index contributed by atoms with van der Waals surface area (Å²) >= 11 is 0. The molecule has 150 valence electrons. The molecule has 0 spiro atoms. The monoisotopic (exact) mass is 398 g/mol. The van der Waals surface area contributed by atoms with Crippen LogP contribution in [0.4, 0.5) is 5.69 Å². The molecule has 0 radical (unpaired) electrons. The van der Waals surface area contributed by atoms with Gasteiger partial charge < -0.3 is 15.2 Å². The zero-order valence-corrected chi connectivity index (χ0v) is 16.5. The third kappa shape index (κ3) is 3.41. The number of benzene rings is 3. The molecule has 2 heterocycles. The fourth-order valence-electron chi connectivity index (χ4n) is 4.13. The lowest BCUT2D eigenvalue weighted by molar-refractivity contribution is -0.126. The van der Waals surface area contributed by atoms with Gasteiger partial charge in [0.15, 0.2) is 0 Å². The molecule has 1 aromatic heterocycles. The van der Waals surface area contributed by atoms with Crippen molar-refractivity contribution in [1.82, 2.24) is 15.3 Å². The van der Waals surface area contributed by atoms with Gasteiger partial charge in [0.25, 0.3) is 0 Å². The molecule has 5 rings (SSSR count). The Bertz CT molecular complexity index is 1210. The van der Waals surface area contributed by atoms with Crippen molar-refractivity contribution in [2.75, 3.05) is 18.0 Å². The fourth-order valence-corrected chi connectivity index (χ4v) is 4.13. The largest absolute Gasteiger partial charge is 0.355 e. The smallest absolute Gasteiger partial charge is 0.227 e. The summed E-state index contributed by atoms with van der Waals surface area (Å²) in [6.45, 7) is 0.890. The van der Waals surface area contributed by atoms with Crippen molar-refractivity contribution in [3.63, 3.8) is 0 Å². The highest BCUT2D eigenvalue weighted by atomic mass is 16.2. The van der Waals surface area contributed by atoms with Crippen LogP contribution in [0, 0.1) is 5.92 Å². The predicted molar refractivity (Wildman–Crippen MR) is 117 cm³/mol. The number of hydrogen-bond donors (Lipinski definition) is 2. The first kappa shape index (κ1) is 18.4. The molecule has 2 N–H and O–H groups in total. The highest BCUT2D eigenvalue weighted by molar-refractivity contribution is 6.07. The van der Waals surface area contributed by atoms with Crippen LogP contribution in [0.1, 0.15) is 12.2 Å². The SMILES string of the molecule is O=C(NCCc1nc2ccccc2[nH]1)[C@H]1CC(=O)N(c2cccc3ccccc23)C1. The summed E-state index contributed by atoms with van der Waals surface area (Å²) in [5.74, 6) is 0.412. The average Bonchev–Trinajstić information content (AvgIpc) is 3.36. The number of aromatic amines is 1. The molecule has 1 aliphatic rings. The third-order valence-corrected chi connectivity index (χ3v) is 5.65. The second-order valence-electron chi connectivity index (χ2n) is 7.65. The summed E-state index contributed by atoms with van der Waals surface area (Å²) in [6.07, 6.45) is 0.855. The number of H-pyrrole nitrogens is 1. The van der Waals surface area contributed by atoms with Gasteiger partial charge in [-0.1, -0.05) is 48.5 Å². The number of rotatable bonds is 5. The van der Waals surface area contributed by atoms with Crippen LogP contribution in [0.25, 0.3) is 21.8 Å². The van der Waals surface area contributed by atoms with Crippen LogP contribution < -0.4 is 10.2 Å². The number of aromatic nitrogens is 2. The van der Waals surface area contributed by atoms with Gasteiger partial charge in [-0.15, -0.1) is 0 Å². The Morgan fingerprint density at radius 2 is 1.87 bits per heavy atom. The lowest BCUT2D eigenvalue weighted by Crippen LogP contribution is -2.34. The fraction of sp³-hybridized carbons (Fsp3) is 0.208. The van der Waals surface area contributed by atoms with E-state index in [1.54, 1.807) is 4.90 Å². The zero-order valence-electron chi connectivity index (χ0n) is 16.5. The second kappa shape index (κ2) is 7.63. The molecule has 1 atom stereocenters. The van der Waals surface area contributed by atoms with Crippen LogP contribution >= 0.6 is 0 Å². The summed E-state index contributed by atoms with van der Waals surface area (Å²) < 4.78 is 0. The van der Waals surface area contributed by atoms with Gasteiger partial charge in [0.05, 0.1) is 22.6 Å². The quantitative estimate of drug-likeness (QED) is 0.541. The van der Waals surface area contributed by atoms with Crippen molar-refractivity contribution in [2.45, 2.75) is 12.8 Å². The highest BCUT2D eigenvalue weighted by Crippen LogP contribution is 2.31. The molecular formula is C24H22N4O2. The van der Waals surface area contributed by atoms with Crippen molar-refractivity contribution >= 4 is 39.3 Å². The van der Waals surface area contributed by atoms with Gasteiger partial charge in [-0.25, -0.2) is 4.98 Å². The molecule has 30 heavy (non-hydrogen) atoms. The maximum Gasteiger partial charge on any atom is 0.227 e. The van der Waals surface area contributed by atoms with E-state index in [0.717, 1.165) is 33.3 Å². The number of nitrogens with zero attached hydrogens (tertiary/aromatic N) is 2. The van der Waals surface area contributed by atoms with E-state index in [0.29, 0.717) is 19.5 Å². The molecule has 0 unspecified atom stereocenters. The van der Waals surface area contributed by atoms with Crippen LogP contribution in [0.3, 0.4) is 0 Å². The molecule has 2 amide bonds. The summed E-state index contributed by atoms with van der Waals surface area (Å²) in [7, 11) is 0. The van der Waals surface area contributed by atoms with Gasteiger partial charge in [0, 0.05) is 31.3 Å². The van der Waals surface area contributed by atoms with Crippen LogP contribution in [0.5, 0.6) is 0 Å². The number of carbonyl (C=O) groups excluding carboxylic acids is 2. The number of fused-ring (bicyclic) bond motifs is 2. The summed E-state index contributed by atoms with van der Waals surface area (Å²) in [5, 5.41) is 5.08. The zero-order chi connectivity index (χ0) is 20.5. The Morgan fingerprint density at radius 3 is 2.77 bits per heavy atom. The van der Waals surface area contributed by atoms with Gasteiger partial charge in [-0.05, 0) is 23.6 Å². The van der Waals surface area contributed by atoms with Crippen LogP contribution in [-0.4, -0.2) is 34.9 Å². The van der Waals surface area contributed by atoms with Crippen molar-refractivity contribution in [3.05, 3.63) is 72.6 Å². The van der Waals surface area contributed by atoms with E-state index in [-0.39, 0.29) is 24.2 Å². The predicted octanol–water partition coefficient (Wildman–Crippen LogP) is 3.43. The van der Waals surface area contributed by atoms with E-state index in [1.807, 2.05) is 66.7 Å². The van der Waals surface area contributed by atoms with Crippen LogP contribution in [-0.2, 0) is 16.0 Å². The average molecular weight is 398 g/mol. The molecule has 0 aliphatic carbocycles. The third-order valence-electron chi connectivity index (χ3n) is 5.65. The van der Waals surface area contributed by atoms with Gasteiger partial charge >= 0.3 is 0 Å². The minimum Gasteiger partial charge on any atom is -0.355 e. The van der Waals surface area contributed by atoms with E-state index in [1.165, 1.54) is 0 Å². The molecule has 0 saturated carbocycles. The molecular weight excluding hydrogens is 376 g/mol. The van der Waals surface area contributed by atoms with E-state index >= 15 is 0 Å². The number of nitrogens with one attached hydrogen (secondary N) is 2. The van der Waals surface area contributed by atoms with Gasteiger partial charge in [0.2, 0.25) is 11.8 Å². The number of imidazole rings is 1. The van der Waals surface area contributed by atoms with Crippen molar-refractivity contribution in [3.8, 4) is 0 Å². The number of hydrogen-bond acceptors (Lipinski definition) is 3. The minimum absolute atomic E-state index is 0.0104. The summed E-state index contributed by atoms with van der Waals surface area (Å²) in [4.78, 5) is 34.9. The normalized spacial score (nSPS) is 16.5. The molecule has 1 saturated heterocycles. The standard InChI is InChI=1S/C24H22N4O2/c29-23-14-17(15-28(23)21-11-5-7-16-6-1-2-8-18(16)21)24(30)25-13-12-22-26-19-9-3-4-10-20(19)27-22/h1-11,17H,12-15H2,(H,25,30)(H,26,27)/t17-/m0/s1. The molecule has 4 aromatic rings.